The van der Waals surface area contributed by atoms with Gasteiger partial charge >= 0.3 is 0 Å². The van der Waals surface area contributed by atoms with Crippen molar-refractivity contribution in [2.24, 2.45) is 0 Å². The molecule has 0 saturated heterocycles. The smallest absolute Gasteiger partial charge is 0.275 e. The number of thiophene rings is 1. The Labute approximate surface area is 170 Å². The summed E-state index contributed by atoms with van der Waals surface area (Å²) < 4.78 is 2.85. The maximum atomic E-state index is 12.6. The van der Waals surface area contributed by atoms with Gasteiger partial charge < -0.3 is 15.0 Å². The van der Waals surface area contributed by atoms with Gasteiger partial charge in [0.15, 0.2) is 5.82 Å². The van der Waals surface area contributed by atoms with Gasteiger partial charge in [0.05, 0.1) is 6.61 Å². The Bertz CT molecular complexity index is 1250. The number of carbonyl (C=O) groups is 1. The van der Waals surface area contributed by atoms with Crippen molar-refractivity contribution in [3.8, 4) is 11.4 Å². The van der Waals surface area contributed by atoms with E-state index in [4.69, 9.17) is 0 Å². The number of hydrogen-bond acceptors (Lipinski definition) is 6. The predicted molar refractivity (Wildman–Crippen MR) is 111 cm³/mol. The van der Waals surface area contributed by atoms with Crippen LogP contribution < -0.4 is 10.9 Å². The van der Waals surface area contributed by atoms with Crippen LogP contribution in [0.3, 0.4) is 0 Å². The Hall–Kier alpha value is -3.30. The molecule has 3 aromatic heterocycles. The lowest BCUT2D eigenvalue weighted by Crippen LogP contribution is -2.25. The van der Waals surface area contributed by atoms with Crippen LogP contribution in [0.5, 0.6) is 0 Å². The lowest BCUT2D eigenvalue weighted by Gasteiger charge is -2.11. The molecule has 0 fully saturated rings. The van der Waals surface area contributed by atoms with E-state index in [9.17, 15) is 14.7 Å². The third-order valence-electron chi connectivity index (χ3n) is 4.50. The highest BCUT2D eigenvalue weighted by Crippen LogP contribution is 2.23. The zero-order valence-corrected chi connectivity index (χ0v) is 16.7. The number of aromatic nitrogens is 4. The van der Waals surface area contributed by atoms with Crippen LogP contribution in [0.4, 0.5) is 5.69 Å². The first-order valence-corrected chi connectivity index (χ1v) is 9.85. The second-order valence-corrected chi connectivity index (χ2v) is 7.73. The molecule has 8 nitrogen and oxygen atoms in total. The normalized spacial score (nSPS) is 11.1. The first-order chi connectivity index (χ1) is 13.9. The van der Waals surface area contributed by atoms with Crippen LogP contribution >= 0.6 is 11.3 Å². The van der Waals surface area contributed by atoms with Crippen LogP contribution in [0.15, 0.2) is 46.6 Å². The van der Waals surface area contributed by atoms with E-state index < -0.39 is 0 Å². The van der Waals surface area contributed by atoms with Crippen LogP contribution in [-0.4, -0.2) is 30.2 Å². The van der Waals surface area contributed by atoms with E-state index in [0.717, 1.165) is 16.0 Å². The molecule has 0 unspecified atom stereocenters. The fourth-order valence-corrected chi connectivity index (χ4v) is 3.70. The summed E-state index contributed by atoms with van der Waals surface area (Å²) in [4.78, 5) is 30.2. The second-order valence-electron chi connectivity index (χ2n) is 6.73. The minimum atomic E-state index is -0.316. The van der Waals surface area contributed by atoms with E-state index in [-0.39, 0.29) is 24.6 Å². The second kappa shape index (κ2) is 7.61. The van der Waals surface area contributed by atoms with Gasteiger partial charge in [-0.3, -0.25) is 9.59 Å². The van der Waals surface area contributed by atoms with Crippen LogP contribution in [0.1, 0.15) is 16.1 Å². The number of aryl methyl sites for hydroxylation is 2. The molecule has 0 aliphatic carbocycles. The molecule has 0 bridgehead atoms. The summed E-state index contributed by atoms with van der Waals surface area (Å²) in [7, 11) is 0. The number of nitrogens with one attached hydrogen (secondary N) is 1. The molecule has 0 radical (unpaired) electrons. The molecule has 2 N–H and O–H groups in total. The molecule has 29 heavy (non-hydrogen) atoms. The molecule has 4 rings (SSSR count). The summed E-state index contributed by atoms with van der Waals surface area (Å²) in [6.07, 6.45) is 0. The van der Waals surface area contributed by atoms with Gasteiger partial charge in [0, 0.05) is 33.3 Å². The Morgan fingerprint density at radius 2 is 1.97 bits per heavy atom. The van der Waals surface area contributed by atoms with Crippen LogP contribution in [0, 0.1) is 13.8 Å². The molecule has 148 valence electrons. The average Bonchev–Trinajstić information content (AvgIpc) is 3.34. The molecule has 9 heteroatoms. The quantitative estimate of drug-likeness (QED) is 0.527. The fraction of sp³-hybridized carbons (Fsp3) is 0.200. The summed E-state index contributed by atoms with van der Waals surface area (Å²) in [5.41, 5.74) is 2.82. The van der Waals surface area contributed by atoms with Gasteiger partial charge in [0.1, 0.15) is 6.54 Å². The minimum absolute atomic E-state index is 0.00680. The van der Waals surface area contributed by atoms with Gasteiger partial charge in [0.25, 0.3) is 5.56 Å². The number of fused-ring (bicyclic) bond motifs is 1. The lowest BCUT2D eigenvalue weighted by atomic mass is 10.2. The molecule has 0 saturated carbocycles. The van der Waals surface area contributed by atoms with Gasteiger partial charge in [-0.2, -0.15) is 9.50 Å². The topological polar surface area (TPSA) is 102 Å². The zero-order chi connectivity index (χ0) is 20.5. The average molecular weight is 409 g/mol. The number of rotatable bonds is 5. The van der Waals surface area contributed by atoms with Gasteiger partial charge in [-0.1, -0.05) is 17.7 Å². The molecule has 0 atom stereocenters. The summed E-state index contributed by atoms with van der Waals surface area (Å²) in [5, 5.41) is 18.2. The van der Waals surface area contributed by atoms with E-state index in [1.807, 2.05) is 36.6 Å². The molecule has 1 aromatic carbocycles. The van der Waals surface area contributed by atoms with Gasteiger partial charge in [-0.25, -0.2) is 0 Å². The van der Waals surface area contributed by atoms with E-state index in [0.29, 0.717) is 23.0 Å². The first-order valence-electron chi connectivity index (χ1n) is 8.97. The molecule has 0 spiro atoms. The SMILES string of the molecule is Cc1ccc(NC(=O)Cn2c(C)cc(=O)n3nc(-c4csc(CO)c4)nc23)cc1. The van der Waals surface area contributed by atoms with Gasteiger partial charge in [-0.15, -0.1) is 16.4 Å². The summed E-state index contributed by atoms with van der Waals surface area (Å²) in [6, 6.07) is 10.7. The Balaban J connectivity index is 1.68. The van der Waals surface area contributed by atoms with Crippen molar-refractivity contribution in [1.82, 2.24) is 19.2 Å². The zero-order valence-electron chi connectivity index (χ0n) is 15.9. The van der Waals surface area contributed by atoms with Crippen LogP contribution in [-0.2, 0) is 17.9 Å². The molecular formula is C20H19N5O3S. The van der Waals surface area contributed by atoms with Crippen molar-refractivity contribution in [2.45, 2.75) is 27.0 Å². The summed E-state index contributed by atoms with van der Waals surface area (Å²) in [6.45, 7) is 3.66. The lowest BCUT2D eigenvalue weighted by molar-refractivity contribution is -0.116. The standard InChI is InChI=1S/C20H19N5O3S/c1-12-3-5-15(6-4-12)21-17(27)9-24-13(2)7-18(28)25-20(24)22-19(23-25)14-8-16(10-26)29-11-14/h3-8,11,26H,9-10H2,1-2H3,(H,21,27). The molecule has 3 heterocycles. The number of hydrogen-bond donors (Lipinski definition) is 2. The fourth-order valence-electron chi connectivity index (χ4n) is 2.98. The van der Waals surface area contributed by atoms with Crippen LogP contribution in [0.2, 0.25) is 0 Å². The largest absolute Gasteiger partial charge is 0.391 e. The number of carbonyl (C=O) groups excluding carboxylic acids is 1. The van der Waals surface area contributed by atoms with E-state index in [1.165, 1.54) is 21.9 Å². The maximum absolute atomic E-state index is 12.6. The summed E-state index contributed by atoms with van der Waals surface area (Å²) in [5.74, 6) is 0.433. The van der Waals surface area contributed by atoms with Crippen molar-refractivity contribution >= 4 is 28.7 Å². The molecule has 4 aromatic rings. The van der Waals surface area contributed by atoms with Crippen molar-refractivity contribution in [2.75, 3.05) is 5.32 Å². The first kappa shape index (κ1) is 19.0. The van der Waals surface area contributed by atoms with Gasteiger partial charge in [0.2, 0.25) is 11.7 Å². The van der Waals surface area contributed by atoms with Crippen molar-refractivity contribution in [3.63, 3.8) is 0 Å². The number of benzene rings is 1. The number of aliphatic hydroxyl groups is 1. The highest BCUT2D eigenvalue weighted by atomic mass is 32.1. The van der Waals surface area contributed by atoms with E-state index in [2.05, 4.69) is 15.4 Å². The number of aliphatic hydroxyl groups excluding tert-OH is 1. The van der Waals surface area contributed by atoms with Crippen molar-refractivity contribution in [3.05, 3.63) is 68.3 Å². The third-order valence-corrected chi connectivity index (χ3v) is 5.42. The minimum Gasteiger partial charge on any atom is -0.391 e. The molecule has 0 aliphatic heterocycles. The molecular weight excluding hydrogens is 390 g/mol. The number of anilines is 1. The predicted octanol–water partition coefficient (Wildman–Crippen LogP) is 2.37. The maximum Gasteiger partial charge on any atom is 0.275 e. The number of nitrogens with zero attached hydrogens (tertiary/aromatic N) is 4. The Morgan fingerprint density at radius 3 is 2.66 bits per heavy atom. The Kier molecular flexibility index (Phi) is 4.99. The monoisotopic (exact) mass is 409 g/mol. The third kappa shape index (κ3) is 3.82. The van der Waals surface area contributed by atoms with E-state index >= 15 is 0 Å². The van der Waals surface area contributed by atoms with E-state index in [1.54, 1.807) is 17.6 Å². The van der Waals surface area contributed by atoms with Crippen molar-refractivity contribution in [1.29, 1.82) is 0 Å². The van der Waals surface area contributed by atoms with Crippen LogP contribution in [0.25, 0.3) is 17.2 Å². The molecule has 1 amide bonds. The number of amides is 1. The molecule has 0 aliphatic rings. The summed E-state index contributed by atoms with van der Waals surface area (Å²) >= 11 is 1.39. The Morgan fingerprint density at radius 1 is 1.21 bits per heavy atom. The van der Waals surface area contributed by atoms with Crippen molar-refractivity contribution < 1.29 is 9.90 Å². The highest BCUT2D eigenvalue weighted by Gasteiger charge is 2.16. The highest BCUT2D eigenvalue weighted by molar-refractivity contribution is 7.10. The van der Waals surface area contributed by atoms with Gasteiger partial charge in [-0.05, 0) is 32.0 Å².